The molecule has 2 saturated heterocycles. The minimum Gasteiger partial charge on any atom is -0.390 e. The summed E-state index contributed by atoms with van der Waals surface area (Å²) in [6.07, 6.45) is 2.89. The number of fused-ring (bicyclic) bond motifs is 2. The Morgan fingerprint density at radius 2 is 0.867 bits per heavy atom. The lowest BCUT2D eigenvalue weighted by Crippen LogP contribution is -2.48. The van der Waals surface area contributed by atoms with Crippen molar-refractivity contribution in [1.29, 1.82) is 0 Å². The Bertz CT molecular complexity index is 3740. The fourth-order valence-corrected chi connectivity index (χ4v) is 13.4. The molecule has 27 nitrogen and oxygen atoms in total. The average Bonchev–Trinajstić information content (AvgIpc) is 1.65. The smallest absolute Gasteiger partial charge is 0.315 e. The Morgan fingerprint density at radius 1 is 0.500 bits per heavy atom. The Morgan fingerprint density at radius 3 is 1.22 bits per heavy atom. The van der Waals surface area contributed by atoms with Gasteiger partial charge in [0.25, 0.3) is 0 Å². The maximum Gasteiger partial charge on any atom is 0.315 e. The van der Waals surface area contributed by atoms with Crippen molar-refractivity contribution < 1.29 is 35.4 Å². The van der Waals surface area contributed by atoms with Crippen molar-refractivity contribution >= 4 is 51.9 Å². The molecule has 27 heteroatoms. The molecule has 8 heterocycles. The van der Waals surface area contributed by atoms with Crippen LogP contribution in [0.3, 0.4) is 0 Å². The lowest BCUT2D eigenvalue weighted by Gasteiger charge is -2.23. The first-order valence-corrected chi connectivity index (χ1v) is 30.5. The van der Waals surface area contributed by atoms with Gasteiger partial charge in [0.15, 0.2) is 34.0 Å². The van der Waals surface area contributed by atoms with Crippen LogP contribution in [-0.2, 0) is 13.2 Å². The molecule has 10 aromatic rings. The number of nitrogens with one attached hydrogen (secondary N) is 4. The Hall–Kier alpha value is -9.51. The Balaban J connectivity index is 0.697. The van der Waals surface area contributed by atoms with E-state index < -0.39 is 48.6 Å². The van der Waals surface area contributed by atoms with Gasteiger partial charge in [0.2, 0.25) is 11.9 Å². The standard InChI is InChI=1S/C63H70N20O7/c84-33-43-27-68-82(76-43)49-25-47(53(86)55(49)88)80-35-66-51-57(64-29-45(37-13-5-1-6-14-37)38-15-7-2-8-16-38)72-61(74-59(51)80)78-23-21-41(31-78)70-63(90)71-42-22-24-79(32-42)62-73-58(65-30-46(39-17-9-3-10-18-39)40-19-11-4-12-20-40)52-60(75-62)81(36-67-52)48-26-50(56(89)54(48)87)83-69-28-44(34-85)77-83/h1-20,27-28,35-36,41-42,45-50,53-56,84-89H,21-26,29-34H2,(H,64,72,74)(H,65,73,75)(H2,70,71,90)/t41-,42-,47-,48-,49+,50+,53+,54+,55-,56-/m1/s1. The number of aromatic nitrogens is 14. The van der Waals surface area contributed by atoms with Crippen LogP contribution in [0.25, 0.3) is 22.3 Å². The van der Waals surface area contributed by atoms with Crippen LogP contribution in [0.2, 0.25) is 0 Å². The highest BCUT2D eigenvalue weighted by Crippen LogP contribution is 2.42. The average molecular weight is 1220 g/mol. The van der Waals surface area contributed by atoms with Crippen LogP contribution in [0.5, 0.6) is 0 Å². The normalized spacial score (nSPS) is 23.5. The number of hydrogen-bond donors (Lipinski definition) is 10. The Kier molecular flexibility index (Phi) is 16.3. The van der Waals surface area contributed by atoms with Gasteiger partial charge in [0, 0.05) is 63.2 Å². The van der Waals surface area contributed by atoms with E-state index in [0.717, 1.165) is 22.3 Å². The quantitative estimate of drug-likeness (QED) is 0.0521. The second-order valence-corrected chi connectivity index (χ2v) is 23.7. The number of urea groups is 1. The van der Waals surface area contributed by atoms with Gasteiger partial charge in [0.05, 0.1) is 50.3 Å². The molecule has 2 amide bonds. The summed E-state index contributed by atoms with van der Waals surface area (Å²) in [7, 11) is 0. The van der Waals surface area contributed by atoms with Crippen molar-refractivity contribution in [3.8, 4) is 0 Å². The van der Waals surface area contributed by atoms with E-state index in [1.807, 2.05) is 82.6 Å². The molecule has 2 aliphatic carbocycles. The van der Waals surface area contributed by atoms with Crippen LogP contribution < -0.4 is 31.1 Å². The Labute approximate surface area is 516 Å². The molecule has 6 aromatic heterocycles. The van der Waals surface area contributed by atoms with Gasteiger partial charge in [-0.15, -0.1) is 0 Å². The van der Waals surface area contributed by atoms with E-state index in [1.165, 1.54) is 22.0 Å². The summed E-state index contributed by atoms with van der Waals surface area (Å²) in [6.45, 7) is 2.13. The number of benzene rings is 4. The van der Waals surface area contributed by atoms with E-state index in [2.05, 4.69) is 90.2 Å². The predicted molar refractivity (Wildman–Crippen MR) is 331 cm³/mol. The number of anilines is 4. The van der Waals surface area contributed by atoms with Gasteiger partial charge in [-0.25, -0.2) is 14.8 Å². The summed E-state index contributed by atoms with van der Waals surface area (Å²) < 4.78 is 3.57. The van der Waals surface area contributed by atoms with E-state index in [1.54, 1.807) is 21.8 Å². The number of aliphatic hydroxyl groups is 6. The number of carbonyl (C=O) groups is 1. The monoisotopic (exact) mass is 1220 g/mol. The third kappa shape index (κ3) is 11.5. The number of imidazole rings is 2. The summed E-state index contributed by atoms with van der Waals surface area (Å²) in [5.74, 6) is 1.67. The second-order valence-electron chi connectivity index (χ2n) is 23.7. The van der Waals surface area contributed by atoms with Gasteiger partial charge >= 0.3 is 6.03 Å². The zero-order chi connectivity index (χ0) is 61.4. The number of aliphatic hydroxyl groups excluding tert-OH is 6. The summed E-state index contributed by atoms with van der Waals surface area (Å²) in [5, 5.41) is 96.4. The van der Waals surface area contributed by atoms with Crippen molar-refractivity contribution in [3.05, 3.63) is 180 Å². The van der Waals surface area contributed by atoms with Gasteiger partial charge in [-0.3, -0.25) is 0 Å². The fraction of sp³-hybridized carbons (Fsp3) is 0.381. The second kappa shape index (κ2) is 25.2. The number of amides is 2. The zero-order valence-corrected chi connectivity index (χ0v) is 49.0. The molecule has 2 aliphatic heterocycles. The molecule has 2 saturated carbocycles. The summed E-state index contributed by atoms with van der Waals surface area (Å²) in [4.78, 5) is 51.0. The molecule has 10 atom stereocenters. The molecule has 0 radical (unpaired) electrons. The molecular formula is C63H70N20O7. The van der Waals surface area contributed by atoms with Crippen molar-refractivity contribution in [1.82, 2.24) is 79.7 Å². The number of rotatable bonds is 20. The molecule has 4 fully saturated rings. The highest BCUT2D eigenvalue weighted by Gasteiger charge is 2.47. The summed E-state index contributed by atoms with van der Waals surface area (Å²) in [6, 6.07) is 37.4. The van der Waals surface area contributed by atoms with Gasteiger partial charge in [-0.05, 0) is 47.9 Å². The molecule has 464 valence electrons. The molecular weight excluding hydrogens is 1150 g/mol. The number of nitrogens with zero attached hydrogens (tertiary/aromatic N) is 16. The third-order valence-electron chi connectivity index (χ3n) is 18.2. The van der Waals surface area contributed by atoms with Crippen LogP contribution in [0.15, 0.2) is 146 Å². The van der Waals surface area contributed by atoms with E-state index in [0.29, 0.717) is 109 Å². The molecule has 10 N–H and O–H groups in total. The SMILES string of the molecule is O=C(N[C@@H]1CCN(c2nc(NCC(c3ccccc3)c3ccccc3)c3ncn([C@@H]4C[C@H](n5ncc(CO)n5)[C@@H](O)[C@H]4O)c3n2)C1)N[C@@H]1CCN(c2nc(NCC(c3ccccc3)c3ccccc3)c3ncn([C@@H]4C[C@H](n5ncc(CO)n5)[C@@H](O)[C@H]4O)c3n2)C1. The molecule has 90 heavy (non-hydrogen) atoms. The first-order valence-electron chi connectivity index (χ1n) is 30.5. The fourth-order valence-electron chi connectivity index (χ4n) is 13.4. The third-order valence-corrected chi connectivity index (χ3v) is 18.2. The molecule has 4 aromatic carbocycles. The van der Waals surface area contributed by atoms with Crippen LogP contribution in [0, 0.1) is 0 Å². The number of hydrogen-bond acceptors (Lipinski definition) is 21. The van der Waals surface area contributed by atoms with Crippen molar-refractivity contribution in [3.63, 3.8) is 0 Å². The van der Waals surface area contributed by atoms with Crippen LogP contribution in [-0.4, -0.2) is 181 Å². The van der Waals surface area contributed by atoms with Gasteiger partial charge in [-0.2, -0.15) is 49.9 Å². The lowest BCUT2D eigenvalue weighted by molar-refractivity contribution is 0.00491. The van der Waals surface area contributed by atoms with Gasteiger partial charge < -0.3 is 70.8 Å². The molecule has 0 bridgehead atoms. The van der Waals surface area contributed by atoms with Crippen molar-refractivity contribution in [2.24, 2.45) is 0 Å². The molecule has 14 rings (SSSR count). The molecule has 4 aliphatic rings. The first kappa shape index (κ1) is 58.2. The first-order chi connectivity index (χ1) is 44.0. The molecule has 0 spiro atoms. The maximum atomic E-state index is 14.1. The minimum absolute atomic E-state index is 0.0539. The maximum absolute atomic E-state index is 14.1. The molecule has 0 unspecified atom stereocenters. The number of carbonyl (C=O) groups excluding carboxylic acids is 1. The highest BCUT2D eigenvalue weighted by molar-refractivity contribution is 5.86. The van der Waals surface area contributed by atoms with E-state index in [-0.39, 0.29) is 56.0 Å². The highest BCUT2D eigenvalue weighted by atomic mass is 16.3. The minimum atomic E-state index is -1.23. The van der Waals surface area contributed by atoms with Crippen LogP contribution in [0.1, 0.15) is 95.3 Å². The van der Waals surface area contributed by atoms with Crippen molar-refractivity contribution in [2.45, 2.75) is 111 Å². The zero-order valence-electron chi connectivity index (χ0n) is 49.0. The lowest BCUT2D eigenvalue weighted by atomic mass is 9.91. The summed E-state index contributed by atoms with van der Waals surface area (Å²) in [5.41, 5.74) is 7.01. The summed E-state index contributed by atoms with van der Waals surface area (Å²) >= 11 is 0. The van der Waals surface area contributed by atoms with Crippen molar-refractivity contribution in [2.75, 3.05) is 59.7 Å². The topological polar surface area (TPSA) is 342 Å². The van der Waals surface area contributed by atoms with E-state index in [9.17, 15) is 35.4 Å². The van der Waals surface area contributed by atoms with E-state index >= 15 is 0 Å². The van der Waals surface area contributed by atoms with Crippen LogP contribution in [0.4, 0.5) is 28.3 Å². The van der Waals surface area contributed by atoms with Gasteiger partial charge in [0.1, 0.15) is 47.9 Å². The van der Waals surface area contributed by atoms with Crippen LogP contribution >= 0.6 is 0 Å². The van der Waals surface area contributed by atoms with Gasteiger partial charge in [-0.1, -0.05) is 121 Å². The largest absolute Gasteiger partial charge is 0.390 e. The van der Waals surface area contributed by atoms with E-state index in [4.69, 9.17) is 29.9 Å². The predicted octanol–water partition coefficient (Wildman–Crippen LogP) is 3.59.